The topological polar surface area (TPSA) is 46.5 Å². The molecule has 0 spiro atoms. The molecule has 0 unspecified atom stereocenters. The van der Waals surface area contributed by atoms with Crippen LogP contribution in [0.5, 0.6) is 0 Å². The van der Waals surface area contributed by atoms with Gasteiger partial charge in [0.05, 0.1) is 6.42 Å². The van der Waals surface area contributed by atoms with E-state index in [1.165, 1.54) is 12.8 Å². The minimum absolute atomic E-state index is 0.0567. The van der Waals surface area contributed by atoms with E-state index in [4.69, 9.17) is 4.74 Å². The Labute approximate surface area is 77.1 Å². The van der Waals surface area contributed by atoms with Crippen LogP contribution in [0, 0.1) is 23.7 Å². The van der Waals surface area contributed by atoms with E-state index in [1.54, 1.807) is 0 Å². The van der Waals surface area contributed by atoms with Crippen LogP contribution in [0.4, 0.5) is 0 Å². The lowest BCUT2D eigenvalue weighted by atomic mass is 9.72. The summed E-state index contributed by atoms with van der Waals surface area (Å²) in [5, 5.41) is 9.25. The maximum atomic E-state index is 11.1. The van der Waals surface area contributed by atoms with E-state index in [-0.39, 0.29) is 18.7 Å². The molecule has 0 aromatic carbocycles. The van der Waals surface area contributed by atoms with Crippen LogP contribution in [0.25, 0.3) is 0 Å². The highest BCUT2D eigenvalue weighted by atomic mass is 16.6. The van der Waals surface area contributed by atoms with Crippen LogP contribution >= 0.6 is 0 Å². The van der Waals surface area contributed by atoms with Crippen molar-refractivity contribution in [2.24, 2.45) is 23.7 Å². The van der Waals surface area contributed by atoms with E-state index in [0.717, 1.165) is 0 Å². The third kappa shape index (κ3) is 0.857. The fourth-order valence-electron chi connectivity index (χ4n) is 3.48. The normalized spacial score (nSPS) is 52.4. The summed E-state index contributed by atoms with van der Waals surface area (Å²) < 4.78 is 5.30. The number of esters is 1. The molecule has 1 N–H and O–H groups in total. The second-order valence-electron chi connectivity index (χ2n) is 4.57. The Morgan fingerprint density at radius 1 is 1.31 bits per heavy atom. The molecule has 3 nitrogen and oxygen atoms in total. The number of hydrogen-bond donors (Lipinski definition) is 1. The first kappa shape index (κ1) is 7.80. The SMILES string of the molecule is O=C1C[C@H]2[C@@H](CO)[C@@H]3CC[C@@H]3[C@@H]2O1. The smallest absolute Gasteiger partial charge is 0.306 e. The predicted octanol–water partition coefficient (Wildman–Crippen LogP) is 0.566. The monoisotopic (exact) mass is 182 g/mol. The molecule has 3 fully saturated rings. The highest BCUT2D eigenvalue weighted by Crippen LogP contribution is 2.57. The number of aliphatic hydroxyl groups excluding tert-OH is 1. The number of rotatable bonds is 1. The van der Waals surface area contributed by atoms with Gasteiger partial charge in [0, 0.05) is 12.5 Å². The van der Waals surface area contributed by atoms with E-state index >= 15 is 0 Å². The average molecular weight is 182 g/mol. The molecule has 72 valence electrons. The first-order valence-electron chi connectivity index (χ1n) is 5.11. The summed E-state index contributed by atoms with van der Waals surface area (Å²) in [7, 11) is 0. The van der Waals surface area contributed by atoms with Crippen LogP contribution in [0.2, 0.25) is 0 Å². The van der Waals surface area contributed by atoms with Crippen molar-refractivity contribution >= 4 is 5.97 Å². The van der Waals surface area contributed by atoms with Crippen LogP contribution in [0.1, 0.15) is 19.3 Å². The molecule has 1 aliphatic heterocycles. The van der Waals surface area contributed by atoms with Gasteiger partial charge >= 0.3 is 5.97 Å². The molecule has 13 heavy (non-hydrogen) atoms. The van der Waals surface area contributed by atoms with Gasteiger partial charge in [-0.1, -0.05) is 0 Å². The molecular formula is C10H14O3. The minimum Gasteiger partial charge on any atom is -0.462 e. The fraction of sp³-hybridized carbons (Fsp3) is 0.900. The molecule has 5 atom stereocenters. The Bertz CT molecular complexity index is 251. The van der Waals surface area contributed by atoms with E-state index in [0.29, 0.717) is 30.1 Å². The van der Waals surface area contributed by atoms with Gasteiger partial charge < -0.3 is 9.84 Å². The zero-order chi connectivity index (χ0) is 9.00. The maximum absolute atomic E-state index is 11.1. The summed E-state index contributed by atoms with van der Waals surface area (Å²) in [5.74, 6) is 1.84. The Morgan fingerprint density at radius 3 is 2.69 bits per heavy atom. The van der Waals surface area contributed by atoms with Gasteiger partial charge in [0.15, 0.2) is 0 Å². The highest BCUT2D eigenvalue weighted by Gasteiger charge is 2.58. The molecule has 0 aromatic rings. The van der Waals surface area contributed by atoms with Crippen molar-refractivity contribution < 1.29 is 14.6 Å². The van der Waals surface area contributed by atoms with E-state index in [2.05, 4.69) is 0 Å². The summed E-state index contributed by atoms with van der Waals surface area (Å²) in [5.41, 5.74) is 0. The lowest BCUT2D eigenvalue weighted by molar-refractivity contribution is -0.144. The largest absolute Gasteiger partial charge is 0.462 e. The van der Waals surface area contributed by atoms with E-state index < -0.39 is 0 Å². The van der Waals surface area contributed by atoms with Gasteiger partial charge in [0.2, 0.25) is 0 Å². The zero-order valence-corrected chi connectivity index (χ0v) is 7.48. The summed E-state index contributed by atoms with van der Waals surface area (Å²) >= 11 is 0. The van der Waals surface area contributed by atoms with Gasteiger partial charge in [0.1, 0.15) is 6.10 Å². The zero-order valence-electron chi connectivity index (χ0n) is 7.48. The number of ether oxygens (including phenoxy) is 1. The third-order valence-electron chi connectivity index (χ3n) is 4.21. The van der Waals surface area contributed by atoms with Crippen LogP contribution in [0.3, 0.4) is 0 Å². The summed E-state index contributed by atoms with van der Waals surface area (Å²) in [4.78, 5) is 11.1. The third-order valence-corrected chi connectivity index (χ3v) is 4.21. The lowest BCUT2D eigenvalue weighted by Gasteiger charge is -2.35. The molecule has 0 bridgehead atoms. The van der Waals surface area contributed by atoms with Gasteiger partial charge in [0.25, 0.3) is 0 Å². The van der Waals surface area contributed by atoms with Gasteiger partial charge in [-0.3, -0.25) is 4.79 Å². The molecule has 1 saturated heterocycles. The second-order valence-corrected chi connectivity index (χ2v) is 4.57. The number of hydrogen-bond acceptors (Lipinski definition) is 3. The maximum Gasteiger partial charge on any atom is 0.306 e. The van der Waals surface area contributed by atoms with Crippen molar-refractivity contribution in [2.75, 3.05) is 6.61 Å². The molecule has 0 amide bonds. The molecule has 3 rings (SSSR count). The molecule has 2 saturated carbocycles. The molecule has 3 aliphatic rings. The highest BCUT2D eigenvalue weighted by molar-refractivity contribution is 5.72. The number of carbonyl (C=O) groups is 1. The Hall–Kier alpha value is -0.570. The molecule has 2 aliphatic carbocycles. The summed E-state index contributed by atoms with van der Waals surface area (Å²) in [6.45, 7) is 0.235. The Balaban J connectivity index is 1.87. The number of fused-ring (bicyclic) bond motifs is 3. The van der Waals surface area contributed by atoms with Crippen LogP contribution in [-0.2, 0) is 9.53 Å². The fourth-order valence-corrected chi connectivity index (χ4v) is 3.48. The van der Waals surface area contributed by atoms with Crippen molar-refractivity contribution in [1.29, 1.82) is 0 Å². The quantitative estimate of drug-likeness (QED) is 0.603. The van der Waals surface area contributed by atoms with Crippen molar-refractivity contribution in [1.82, 2.24) is 0 Å². The molecule has 3 heteroatoms. The molecule has 0 aromatic heterocycles. The Morgan fingerprint density at radius 2 is 2.08 bits per heavy atom. The van der Waals surface area contributed by atoms with Gasteiger partial charge in [-0.15, -0.1) is 0 Å². The average Bonchev–Trinajstić information content (AvgIpc) is 2.46. The molecule has 0 radical (unpaired) electrons. The van der Waals surface area contributed by atoms with Crippen molar-refractivity contribution in [3.8, 4) is 0 Å². The van der Waals surface area contributed by atoms with Gasteiger partial charge in [-0.25, -0.2) is 0 Å². The van der Waals surface area contributed by atoms with Crippen molar-refractivity contribution in [2.45, 2.75) is 25.4 Å². The molecular weight excluding hydrogens is 168 g/mol. The van der Waals surface area contributed by atoms with Crippen molar-refractivity contribution in [3.05, 3.63) is 0 Å². The van der Waals surface area contributed by atoms with Crippen LogP contribution in [0.15, 0.2) is 0 Å². The van der Waals surface area contributed by atoms with E-state index in [1.807, 2.05) is 0 Å². The number of carbonyl (C=O) groups excluding carboxylic acids is 1. The van der Waals surface area contributed by atoms with Gasteiger partial charge in [-0.2, -0.15) is 0 Å². The van der Waals surface area contributed by atoms with Crippen molar-refractivity contribution in [3.63, 3.8) is 0 Å². The molecule has 1 heterocycles. The van der Waals surface area contributed by atoms with E-state index in [9.17, 15) is 9.90 Å². The standard InChI is InChI=1S/C10H14O3/c11-4-8-5-1-2-6(5)10-7(8)3-9(12)13-10/h5-8,10-11H,1-4H2/t5-,6+,7+,8+,10+/m1/s1. The summed E-state index contributed by atoms with van der Waals surface area (Å²) in [6, 6.07) is 0. The van der Waals surface area contributed by atoms with Crippen LogP contribution in [-0.4, -0.2) is 23.8 Å². The lowest BCUT2D eigenvalue weighted by Crippen LogP contribution is -2.32. The number of aliphatic hydroxyl groups is 1. The second kappa shape index (κ2) is 2.47. The first-order chi connectivity index (χ1) is 6.31. The van der Waals surface area contributed by atoms with Crippen LogP contribution < -0.4 is 0 Å². The Kier molecular flexibility index (Phi) is 1.48. The summed E-state index contributed by atoms with van der Waals surface area (Å²) in [6.07, 6.45) is 3.11. The first-order valence-corrected chi connectivity index (χ1v) is 5.11. The minimum atomic E-state index is -0.0567. The predicted molar refractivity (Wildman–Crippen MR) is 44.8 cm³/mol. The van der Waals surface area contributed by atoms with Gasteiger partial charge in [-0.05, 0) is 30.6 Å².